The summed E-state index contributed by atoms with van der Waals surface area (Å²) in [5.74, 6) is -1.32. The summed E-state index contributed by atoms with van der Waals surface area (Å²) in [5.41, 5.74) is 0.0109. The first kappa shape index (κ1) is 22.9. The molecule has 2 aromatic carbocycles. The summed E-state index contributed by atoms with van der Waals surface area (Å²) in [7, 11) is 2.75. The predicted octanol–water partition coefficient (Wildman–Crippen LogP) is 3.56. The van der Waals surface area contributed by atoms with Crippen LogP contribution in [0.2, 0.25) is 0 Å². The van der Waals surface area contributed by atoms with Gasteiger partial charge in [0.15, 0.2) is 17.2 Å². The van der Waals surface area contributed by atoms with Crippen molar-refractivity contribution >= 4 is 5.91 Å². The van der Waals surface area contributed by atoms with Crippen LogP contribution in [0, 0.1) is 12.7 Å². The molecule has 0 N–H and O–H groups in total. The van der Waals surface area contributed by atoms with E-state index >= 15 is 0 Å². The van der Waals surface area contributed by atoms with E-state index in [9.17, 15) is 22.8 Å². The number of methoxy groups -OCH3 is 1. The van der Waals surface area contributed by atoms with Gasteiger partial charge in [0.05, 0.1) is 7.11 Å². The van der Waals surface area contributed by atoms with Crippen LogP contribution < -0.4 is 14.9 Å². The minimum atomic E-state index is -3.01. The SMILES string of the molecule is COc1cc(CN(C)C(=O)c2nn(-c3ccccc3F)c(C)cc2=O)ccc1OC(F)F. The number of nitrogens with zero attached hydrogens (tertiary/aromatic N) is 3. The lowest BCUT2D eigenvalue weighted by molar-refractivity contribution is -0.0512. The number of halogens is 3. The zero-order valence-corrected chi connectivity index (χ0v) is 17.5. The third-order valence-corrected chi connectivity index (χ3v) is 4.60. The zero-order chi connectivity index (χ0) is 23.4. The molecular formula is C22H20F3N3O4. The van der Waals surface area contributed by atoms with E-state index in [4.69, 9.17) is 4.74 Å². The van der Waals surface area contributed by atoms with Crippen molar-refractivity contribution in [1.29, 1.82) is 0 Å². The second-order valence-electron chi connectivity index (χ2n) is 6.89. The fraction of sp³-hybridized carbons (Fsp3) is 0.227. The first-order chi connectivity index (χ1) is 15.2. The van der Waals surface area contributed by atoms with Gasteiger partial charge in [0.1, 0.15) is 11.5 Å². The van der Waals surface area contributed by atoms with Crippen LogP contribution in [0.5, 0.6) is 11.5 Å². The molecule has 3 rings (SSSR count). The van der Waals surface area contributed by atoms with Crippen LogP contribution in [-0.4, -0.2) is 41.4 Å². The van der Waals surface area contributed by atoms with Gasteiger partial charge in [-0.1, -0.05) is 18.2 Å². The van der Waals surface area contributed by atoms with E-state index < -0.39 is 23.8 Å². The Kier molecular flexibility index (Phi) is 6.82. The molecule has 0 aliphatic rings. The molecule has 0 aliphatic carbocycles. The maximum atomic E-state index is 14.2. The fourth-order valence-electron chi connectivity index (χ4n) is 3.09. The Labute approximate surface area is 181 Å². The van der Waals surface area contributed by atoms with Gasteiger partial charge in [0.2, 0.25) is 5.43 Å². The highest BCUT2D eigenvalue weighted by Gasteiger charge is 2.21. The summed E-state index contributed by atoms with van der Waals surface area (Å²) in [4.78, 5) is 26.6. The number of aryl methyl sites for hydroxylation is 1. The van der Waals surface area contributed by atoms with Crippen molar-refractivity contribution in [2.24, 2.45) is 0 Å². The topological polar surface area (TPSA) is 73.7 Å². The molecule has 1 aromatic heterocycles. The van der Waals surface area contributed by atoms with Crippen molar-refractivity contribution in [2.75, 3.05) is 14.2 Å². The van der Waals surface area contributed by atoms with Crippen LogP contribution >= 0.6 is 0 Å². The molecule has 0 aliphatic heterocycles. The van der Waals surface area contributed by atoms with Crippen LogP contribution in [0.4, 0.5) is 13.2 Å². The molecule has 168 valence electrons. The Morgan fingerprint density at radius 3 is 2.53 bits per heavy atom. The standard InChI is InChI=1S/C22H20F3N3O4/c1-13-10-17(29)20(26-28(13)16-7-5-4-6-15(16)23)21(30)27(2)12-14-8-9-18(32-22(24)25)19(11-14)31-3/h4-11,22H,12H2,1-3H3. The lowest BCUT2D eigenvalue weighted by Gasteiger charge is -2.19. The Bertz CT molecular complexity index is 1200. The number of hydrogen-bond donors (Lipinski definition) is 0. The number of ether oxygens (including phenoxy) is 2. The van der Waals surface area contributed by atoms with Gasteiger partial charge in [0, 0.05) is 25.4 Å². The van der Waals surface area contributed by atoms with Crippen LogP contribution in [0.25, 0.3) is 5.69 Å². The van der Waals surface area contributed by atoms with E-state index in [2.05, 4.69) is 9.84 Å². The van der Waals surface area contributed by atoms with Crippen molar-refractivity contribution in [3.63, 3.8) is 0 Å². The highest BCUT2D eigenvalue weighted by Crippen LogP contribution is 2.29. The summed E-state index contributed by atoms with van der Waals surface area (Å²) in [6.07, 6.45) is 0. The van der Waals surface area contributed by atoms with Gasteiger partial charge in [0.25, 0.3) is 5.91 Å². The second kappa shape index (κ2) is 9.54. The molecule has 7 nitrogen and oxygen atoms in total. The highest BCUT2D eigenvalue weighted by molar-refractivity contribution is 5.91. The third kappa shape index (κ3) is 4.90. The number of carbonyl (C=O) groups is 1. The normalized spacial score (nSPS) is 10.8. The van der Waals surface area contributed by atoms with E-state index in [1.807, 2.05) is 0 Å². The Morgan fingerprint density at radius 2 is 1.88 bits per heavy atom. The van der Waals surface area contributed by atoms with Crippen molar-refractivity contribution in [3.8, 4) is 17.2 Å². The molecule has 1 amide bonds. The van der Waals surface area contributed by atoms with E-state index in [0.717, 1.165) is 0 Å². The lowest BCUT2D eigenvalue weighted by atomic mass is 10.2. The minimum absolute atomic E-state index is 0.0266. The molecule has 1 heterocycles. The van der Waals surface area contributed by atoms with E-state index in [0.29, 0.717) is 11.3 Å². The van der Waals surface area contributed by atoms with E-state index in [-0.39, 0.29) is 29.4 Å². The van der Waals surface area contributed by atoms with Gasteiger partial charge in [-0.3, -0.25) is 9.59 Å². The number of rotatable bonds is 7. The molecule has 0 spiro atoms. The summed E-state index contributed by atoms with van der Waals surface area (Å²) in [5, 5.41) is 4.09. The molecule has 0 bridgehead atoms. The van der Waals surface area contributed by atoms with Crippen LogP contribution in [0.3, 0.4) is 0 Å². The van der Waals surface area contributed by atoms with Crippen molar-refractivity contribution in [1.82, 2.24) is 14.7 Å². The molecular weight excluding hydrogens is 427 g/mol. The van der Waals surface area contributed by atoms with Gasteiger partial charge < -0.3 is 14.4 Å². The molecule has 0 fully saturated rings. The first-order valence-electron chi connectivity index (χ1n) is 9.44. The average molecular weight is 447 g/mol. The second-order valence-corrected chi connectivity index (χ2v) is 6.89. The van der Waals surface area contributed by atoms with Gasteiger partial charge in [-0.15, -0.1) is 0 Å². The molecule has 0 saturated heterocycles. The summed E-state index contributed by atoms with van der Waals surface area (Å²) >= 11 is 0. The number of carbonyl (C=O) groups excluding carboxylic acids is 1. The molecule has 0 radical (unpaired) electrons. The summed E-state index contributed by atoms with van der Waals surface area (Å²) < 4.78 is 49.8. The number of para-hydroxylation sites is 1. The molecule has 0 unspecified atom stereocenters. The molecule has 32 heavy (non-hydrogen) atoms. The Hall–Kier alpha value is -3.82. The fourth-order valence-corrected chi connectivity index (χ4v) is 3.09. The average Bonchev–Trinajstić information content (AvgIpc) is 2.74. The molecule has 10 heteroatoms. The summed E-state index contributed by atoms with van der Waals surface area (Å²) in [6, 6.07) is 11.3. The number of amides is 1. The maximum Gasteiger partial charge on any atom is 0.387 e. The highest BCUT2D eigenvalue weighted by atomic mass is 19.3. The zero-order valence-electron chi connectivity index (χ0n) is 17.5. The largest absolute Gasteiger partial charge is 0.493 e. The minimum Gasteiger partial charge on any atom is -0.493 e. The quantitative estimate of drug-likeness (QED) is 0.554. The smallest absolute Gasteiger partial charge is 0.387 e. The number of aromatic nitrogens is 2. The Morgan fingerprint density at radius 1 is 1.16 bits per heavy atom. The van der Waals surface area contributed by atoms with Crippen molar-refractivity contribution in [2.45, 2.75) is 20.1 Å². The number of hydrogen-bond acceptors (Lipinski definition) is 5. The number of benzene rings is 2. The van der Waals surface area contributed by atoms with Gasteiger partial charge in [-0.05, 0) is 36.8 Å². The summed E-state index contributed by atoms with van der Waals surface area (Å²) in [6.45, 7) is -1.41. The molecule has 0 saturated carbocycles. The Balaban J connectivity index is 1.89. The lowest BCUT2D eigenvalue weighted by Crippen LogP contribution is -2.33. The third-order valence-electron chi connectivity index (χ3n) is 4.60. The molecule has 0 atom stereocenters. The van der Waals surface area contributed by atoms with Gasteiger partial charge in [-0.2, -0.15) is 13.9 Å². The van der Waals surface area contributed by atoms with Crippen LogP contribution in [0.1, 0.15) is 21.7 Å². The van der Waals surface area contributed by atoms with Crippen LogP contribution in [-0.2, 0) is 6.54 Å². The van der Waals surface area contributed by atoms with Crippen molar-refractivity contribution < 1.29 is 27.4 Å². The van der Waals surface area contributed by atoms with Crippen molar-refractivity contribution in [3.05, 3.63) is 81.5 Å². The first-order valence-corrected chi connectivity index (χ1v) is 9.44. The van der Waals surface area contributed by atoms with Crippen LogP contribution in [0.15, 0.2) is 53.3 Å². The maximum absolute atomic E-state index is 14.2. The monoisotopic (exact) mass is 447 g/mol. The predicted molar refractivity (Wildman–Crippen MR) is 110 cm³/mol. The van der Waals surface area contributed by atoms with Gasteiger partial charge >= 0.3 is 6.61 Å². The molecule has 3 aromatic rings. The van der Waals surface area contributed by atoms with Gasteiger partial charge in [-0.25, -0.2) is 9.07 Å². The van der Waals surface area contributed by atoms with E-state index in [1.54, 1.807) is 13.0 Å². The van der Waals surface area contributed by atoms with E-state index in [1.165, 1.54) is 66.2 Å². The number of alkyl halides is 2.